The summed E-state index contributed by atoms with van der Waals surface area (Å²) in [6.45, 7) is 4.52. The van der Waals surface area contributed by atoms with Crippen molar-refractivity contribution in [3.63, 3.8) is 0 Å². The zero-order chi connectivity index (χ0) is 17.5. The molecule has 6 nitrogen and oxygen atoms in total. The molecular weight excluding hydrogens is 314 g/mol. The average Bonchev–Trinajstić information content (AvgIpc) is 2.68. The highest BCUT2D eigenvalue weighted by Gasteiger charge is 2.20. The van der Waals surface area contributed by atoms with Crippen molar-refractivity contribution in [1.82, 2.24) is 15.5 Å². The van der Waals surface area contributed by atoms with Gasteiger partial charge in [-0.1, -0.05) is 12.1 Å². The Bertz CT molecular complexity index is 698. The quantitative estimate of drug-likeness (QED) is 0.873. The summed E-state index contributed by atoms with van der Waals surface area (Å²) in [5, 5.41) is 20.6. The van der Waals surface area contributed by atoms with Crippen LogP contribution in [0.15, 0.2) is 42.6 Å². The molecule has 0 saturated carbocycles. The second-order valence-corrected chi connectivity index (χ2v) is 6.28. The van der Waals surface area contributed by atoms with Gasteiger partial charge in [-0.2, -0.15) is 10.4 Å². The van der Waals surface area contributed by atoms with Crippen molar-refractivity contribution in [2.75, 3.05) is 18.0 Å². The van der Waals surface area contributed by atoms with Crippen LogP contribution in [0.5, 0.6) is 5.75 Å². The number of benzene rings is 1. The Kier molecular flexibility index (Phi) is 5.81. The Labute approximate surface area is 148 Å². The maximum Gasteiger partial charge on any atom is 0.181 e. The molecule has 0 aliphatic carbocycles. The molecule has 1 saturated heterocycles. The van der Waals surface area contributed by atoms with Crippen LogP contribution >= 0.6 is 0 Å². The first-order valence-electron chi connectivity index (χ1n) is 8.66. The first-order valence-corrected chi connectivity index (χ1v) is 8.66. The zero-order valence-electron chi connectivity index (χ0n) is 14.4. The summed E-state index contributed by atoms with van der Waals surface area (Å²) in [7, 11) is 0. The van der Waals surface area contributed by atoms with E-state index in [-0.39, 0.29) is 0 Å². The molecule has 3 rings (SSSR count). The van der Waals surface area contributed by atoms with Crippen LogP contribution in [0.1, 0.15) is 25.3 Å². The van der Waals surface area contributed by atoms with Gasteiger partial charge in [0.25, 0.3) is 0 Å². The van der Waals surface area contributed by atoms with Gasteiger partial charge in [0.2, 0.25) is 0 Å². The molecule has 1 N–H and O–H groups in total. The van der Waals surface area contributed by atoms with E-state index in [1.54, 1.807) is 13.1 Å². The second kappa shape index (κ2) is 8.45. The molecule has 130 valence electrons. The fourth-order valence-corrected chi connectivity index (χ4v) is 2.99. The Hall–Kier alpha value is -2.65. The molecule has 1 aromatic carbocycles. The van der Waals surface area contributed by atoms with Crippen molar-refractivity contribution >= 4 is 5.82 Å². The molecular formula is C19H23N5O. The minimum Gasteiger partial charge on any atom is -0.476 e. The summed E-state index contributed by atoms with van der Waals surface area (Å²) in [5.74, 6) is 1.67. The fraction of sp³-hybridized carbons (Fsp3) is 0.421. The minimum atomic E-state index is -0.432. The van der Waals surface area contributed by atoms with Crippen LogP contribution in [0.25, 0.3) is 0 Å². The molecule has 0 amide bonds. The standard InChI is InChI=1S/C19H23N5O/c1-15(12-20)25-18-8-6-16(7-9-18)13-21-17-4-3-11-24(14-17)19-5-2-10-22-23-19/h2,5-10,15,17,21H,3-4,11,13-14H2,1H3/t15-,17+/m0/s1. The third-order valence-electron chi connectivity index (χ3n) is 4.32. The molecule has 2 aromatic rings. The maximum atomic E-state index is 8.79. The highest BCUT2D eigenvalue weighted by atomic mass is 16.5. The molecule has 0 bridgehead atoms. The largest absolute Gasteiger partial charge is 0.476 e. The van der Waals surface area contributed by atoms with Crippen LogP contribution in [-0.4, -0.2) is 35.4 Å². The number of ether oxygens (including phenoxy) is 1. The highest BCUT2D eigenvalue weighted by molar-refractivity contribution is 5.37. The summed E-state index contributed by atoms with van der Waals surface area (Å²) in [5.41, 5.74) is 1.20. The molecule has 0 unspecified atom stereocenters. The van der Waals surface area contributed by atoms with E-state index >= 15 is 0 Å². The number of rotatable bonds is 6. The van der Waals surface area contributed by atoms with Crippen LogP contribution in [0.4, 0.5) is 5.82 Å². The molecule has 2 atom stereocenters. The molecule has 1 aliphatic rings. The van der Waals surface area contributed by atoms with Gasteiger partial charge in [0, 0.05) is 31.9 Å². The monoisotopic (exact) mass is 337 g/mol. The SMILES string of the molecule is C[C@@H](C#N)Oc1ccc(CN[C@@H]2CCCN(c3cccnn3)C2)cc1. The zero-order valence-corrected chi connectivity index (χ0v) is 14.4. The molecule has 0 radical (unpaired) electrons. The number of hydrogen-bond donors (Lipinski definition) is 1. The summed E-state index contributed by atoms with van der Waals surface area (Å²) in [6.07, 6.45) is 3.58. The number of nitrogens with zero attached hydrogens (tertiary/aromatic N) is 4. The van der Waals surface area contributed by atoms with Crippen molar-refractivity contribution in [2.45, 2.75) is 38.5 Å². The van der Waals surface area contributed by atoms with Crippen LogP contribution in [0, 0.1) is 11.3 Å². The highest BCUT2D eigenvalue weighted by Crippen LogP contribution is 2.18. The molecule has 1 aliphatic heterocycles. The van der Waals surface area contributed by atoms with E-state index in [4.69, 9.17) is 10.00 Å². The number of anilines is 1. The number of aromatic nitrogens is 2. The van der Waals surface area contributed by atoms with Gasteiger partial charge in [0.1, 0.15) is 11.8 Å². The van der Waals surface area contributed by atoms with Crippen LogP contribution < -0.4 is 15.0 Å². The van der Waals surface area contributed by atoms with E-state index in [0.29, 0.717) is 6.04 Å². The maximum absolute atomic E-state index is 8.79. The van der Waals surface area contributed by atoms with Crippen LogP contribution in [-0.2, 0) is 6.54 Å². The van der Waals surface area contributed by atoms with Gasteiger partial charge < -0.3 is 15.0 Å². The van der Waals surface area contributed by atoms with Crippen molar-refractivity contribution in [2.24, 2.45) is 0 Å². The third kappa shape index (κ3) is 4.91. The Morgan fingerprint density at radius 2 is 2.20 bits per heavy atom. The lowest BCUT2D eigenvalue weighted by Gasteiger charge is -2.33. The summed E-state index contributed by atoms with van der Waals surface area (Å²) < 4.78 is 5.47. The Morgan fingerprint density at radius 3 is 2.92 bits per heavy atom. The van der Waals surface area contributed by atoms with Crippen molar-refractivity contribution in [3.05, 3.63) is 48.2 Å². The first kappa shape index (κ1) is 17.2. The predicted molar refractivity (Wildman–Crippen MR) is 96.3 cm³/mol. The number of nitrogens with one attached hydrogen (secondary N) is 1. The lowest BCUT2D eigenvalue weighted by atomic mass is 10.1. The Morgan fingerprint density at radius 1 is 1.36 bits per heavy atom. The van der Waals surface area contributed by atoms with Gasteiger partial charge in [-0.3, -0.25) is 0 Å². The van der Waals surface area contributed by atoms with Gasteiger partial charge >= 0.3 is 0 Å². The van der Waals surface area contributed by atoms with E-state index < -0.39 is 6.10 Å². The summed E-state index contributed by atoms with van der Waals surface area (Å²) >= 11 is 0. The van der Waals surface area contributed by atoms with E-state index in [1.807, 2.05) is 36.4 Å². The smallest absolute Gasteiger partial charge is 0.181 e. The summed E-state index contributed by atoms with van der Waals surface area (Å²) in [6, 6.07) is 14.3. The number of nitriles is 1. The minimum absolute atomic E-state index is 0.432. The molecule has 0 spiro atoms. The van der Waals surface area contributed by atoms with Crippen molar-refractivity contribution < 1.29 is 4.74 Å². The van der Waals surface area contributed by atoms with E-state index in [1.165, 1.54) is 5.56 Å². The van der Waals surface area contributed by atoms with Crippen LogP contribution in [0.3, 0.4) is 0 Å². The summed E-state index contributed by atoms with van der Waals surface area (Å²) in [4.78, 5) is 2.29. The van der Waals surface area contributed by atoms with Crippen molar-refractivity contribution in [3.8, 4) is 11.8 Å². The van der Waals surface area contributed by atoms with Gasteiger partial charge in [0.05, 0.1) is 0 Å². The third-order valence-corrected chi connectivity index (χ3v) is 4.32. The predicted octanol–water partition coefficient (Wildman–Crippen LogP) is 2.53. The lowest BCUT2D eigenvalue weighted by Crippen LogP contribution is -2.45. The lowest BCUT2D eigenvalue weighted by molar-refractivity contribution is 0.276. The molecule has 1 aromatic heterocycles. The molecule has 1 fully saturated rings. The van der Waals surface area contributed by atoms with Gasteiger partial charge in [-0.15, -0.1) is 5.10 Å². The average molecular weight is 337 g/mol. The van der Waals surface area contributed by atoms with Gasteiger partial charge in [-0.25, -0.2) is 0 Å². The van der Waals surface area contributed by atoms with E-state index in [2.05, 4.69) is 26.5 Å². The molecule has 25 heavy (non-hydrogen) atoms. The normalized spacial score (nSPS) is 18.4. The van der Waals surface area contributed by atoms with E-state index in [0.717, 1.165) is 44.0 Å². The molecule has 6 heteroatoms. The van der Waals surface area contributed by atoms with Gasteiger partial charge in [0.15, 0.2) is 11.9 Å². The van der Waals surface area contributed by atoms with Crippen LogP contribution in [0.2, 0.25) is 0 Å². The fourth-order valence-electron chi connectivity index (χ4n) is 2.99. The Balaban J connectivity index is 1.50. The van der Waals surface area contributed by atoms with E-state index in [9.17, 15) is 0 Å². The topological polar surface area (TPSA) is 74.1 Å². The van der Waals surface area contributed by atoms with Crippen molar-refractivity contribution in [1.29, 1.82) is 5.26 Å². The molecule has 2 heterocycles. The van der Waals surface area contributed by atoms with Gasteiger partial charge in [-0.05, 0) is 49.6 Å². The number of hydrogen-bond acceptors (Lipinski definition) is 6. The second-order valence-electron chi connectivity index (χ2n) is 6.28. The first-order chi connectivity index (χ1) is 12.2. The number of piperidine rings is 1.